The third-order valence-electron chi connectivity index (χ3n) is 4.65. The molecule has 4 rings (SSSR count). The molecule has 1 saturated heterocycles. The van der Waals surface area contributed by atoms with Crippen LogP contribution in [0.15, 0.2) is 36.4 Å². The lowest BCUT2D eigenvalue weighted by Crippen LogP contribution is -2.37. The number of aromatic nitrogens is 1. The maximum atomic E-state index is 12.4. The van der Waals surface area contributed by atoms with E-state index in [0.29, 0.717) is 5.82 Å². The summed E-state index contributed by atoms with van der Waals surface area (Å²) in [5, 5.41) is 6.23. The normalized spacial score (nSPS) is 19.4. The summed E-state index contributed by atoms with van der Waals surface area (Å²) >= 11 is 0. The van der Waals surface area contributed by atoms with Crippen LogP contribution in [-0.4, -0.2) is 30.6 Å². The standard InChI is InChI=1S/C19H21N3O2/c23-19(15-3-2-9-20-12-15)22-18-5-1-4-16(21-18)13-6-7-17-14(11-13)8-10-24-17/h1,4-7,11,15,20H,2-3,8-10,12H2,(H,21,22,23). The highest BCUT2D eigenvalue weighted by Crippen LogP contribution is 2.30. The Balaban J connectivity index is 1.52. The van der Waals surface area contributed by atoms with Crippen molar-refractivity contribution < 1.29 is 9.53 Å². The number of benzene rings is 1. The molecule has 0 saturated carbocycles. The summed E-state index contributed by atoms with van der Waals surface area (Å²) in [6.07, 6.45) is 2.92. The first-order valence-corrected chi connectivity index (χ1v) is 8.54. The first-order chi connectivity index (χ1) is 11.8. The lowest BCUT2D eigenvalue weighted by molar-refractivity contribution is -0.120. The van der Waals surface area contributed by atoms with Gasteiger partial charge in [-0.15, -0.1) is 0 Å². The number of nitrogens with zero attached hydrogens (tertiary/aromatic N) is 1. The molecular formula is C19H21N3O2. The second kappa shape index (κ2) is 6.61. The fraction of sp³-hybridized carbons (Fsp3) is 0.368. The maximum absolute atomic E-state index is 12.4. The highest BCUT2D eigenvalue weighted by molar-refractivity contribution is 5.92. The molecule has 0 bridgehead atoms. The molecule has 2 aliphatic rings. The van der Waals surface area contributed by atoms with Gasteiger partial charge in [0.2, 0.25) is 5.91 Å². The third kappa shape index (κ3) is 3.12. The van der Waals surface area contributed by atoms with Gasteiger partial charge in [0.25, 0.3) is 0 Å². The largest absolute Gasteiger partial charge is 0.493 e. The van der Waals surface area contributed by atoms with Crippen LogP contribution in [0, 0.1) is 5.92 Å². The Hall–Kier alpha value is -2.40. The minimum atomic E-state index is 0.0290. The molecule has 1 amide bonds. The number of carbonyl (C=O) groups is 1. The van der Waals surface area contributed by atoms with E-state index in [1.807, 2.05) is 30.3 Å². The van der Waals surface area contributed by atoms with Gasteiger partial charge in [-0.25, -0.2) is 4.98 Å². The smallest absolute Gasteiger partial charge is 0.229 e. The van der Waals surface area contributed by atoms with Gasteiger partial charge in [0.05, 0.1) is 18.2 Å². The highest BCUT2D eigenvalue weighted by atomic mass is 16.5. The first kappa shape index (κ1) is 15.1. The lowest BCUT2D eigenvalue weighted by atomic mass is 9.99. The van der Waals surface area contributed by atoms with Crippen molar-refractivity contribution in [3.63, 3.8) is 0 Å². The molecular weight excluding hydrogens is 302 g/mol. The molecule has 124 valence electrons. The van der Waals surface area contributed by atoms with Crippen molar-refractivity contribution in [1.82, 2.24) is 10.3 Å². The molecule has 0 radical (unpaired) electrons. The number of carbonyl (C=O) groups excluding carboxylic acids is 1. The molecule has 1 aromatic heterocycles. The molecule has 0 spiro atoms. The number of ether oxygens (including phenoxy) is 1. The zero-order valence-electron chi connectivity index (χ0n) is 13.5. The van der Waals surface area contributed by atoms with Crippen molar-refractivity contribution in [3.05, 3.63) is 42.0 Å². The summed E-state index contributed by atoms with van der Waals surface area (Å²) in [6.45, 7) is 2.49. The van der Waals surface area contributed by atoms with Crippen LogP contribution < -0.4 is 15.4 Å². The summed E-state index contributed by atoms with van der Waals surface area (Å²) in [6, 6.07) is 11.9. The molecule has 1 atom stereocenters. The van der Waals surface area contributed by atoms with Crippen molar-refractivity contribution in [1.29, 1.82) is 0 Å². The monoisotopic (exact) mass is 323 g/mol. The zero-order chi connectivity index (χ0) is 16.4. The fourth-order valence-electron chi connectivity index (χ4n) is 3.31. The summed E-state index contributed by atoms with van der Waals surface area (Å²) < 4.78 is 5.55. The van der Waals surface area contributed by atoms with Gasteiger partial charge in [0, 0.05) is 18.5 Å². The van der Waals surface area contributed by atoms with Gasteiger partial charge in [-0.05, 0) is 55.3 Å². The number of rotatable bonds is 3. The molecule has 24 heavy (non-hydrogen) atoms. The van der Waals surface area contributed by atoms with Gasteiger partial charge in [-0.1, -0.05) is 6.07 Å². The predicted molar refractivity (Wildman–Crippen MR) is 93.1 cm³/mol. The van der Waals surface area contributed by atoms with E-state index in [0.717, 1.165) is 56.0 Å². The van der Waals surface area contributed by atoms with E-state index in [4.69, 9.17) is 4.74 Å². The Morgan fingerprint density at radius 2 is 2.25 bits per heavy atom. The number of hydrogen-bond donors (Lipinski definition) is 2. The highest BCUT2D eigenvalue weighted by Gasteiger charge is 2.21. The van der Waals surface area contributed by atoms with Crippen molar-refractivity contribution in [2.45, 2.75) is 19.3 Å². The van der Waals surface area contributed by atoms with Gasteiger partial charge >= 0.3 is 0 Å². The van der Waals surface area contributed by atoms with E-state index in [1.165, 1.54) is 5.56 Å². The van der Waals surface area contributed by atoms with Crippen molar-refractivity contribution in [3.8, 4) is 17.0 Å². The SMILES string of the molecule is O=C(Nc1cccc(-c2ccc3c(c2)CCO3)n1)C1CCCNC1. The van der Waals surface area contributed by atoms with Gasteiger partial charge in [0.15, 0.2) is 0 Å². The Morgan fingerprint density at radius 1 is 1.29 bits per heavy atom. The van der Waals surface area contributed by atoms with Crippen LogP contribution in [0.3, 0.4) is 0 Å². The van der Waals surface area contributed by atoms with E-state index in [9.17, 15) is 4.79 Å². The molecule has 5 nitrogen and oxygen atoms in total. The predicted octanol–water partition coefficient (Wildman–Crippen LogP) is 2.62. The average Bonchev–Trinajstić information content (AvgIpc) is 3.10. The number of pyridine rings is 1. The van der Waals surface area contributed by atoms with Gasteiger partial charge in [-0.2, -0.15) is 0 Å². The third-order valence-corrected chi connectivity index (χ3v) is 4.65. The Bertz CT molecular complexity index is 754. The second-order valence-electron chi connectivity index (χ2n) is 6.36. The van der Waals surface area contributed by atoms with Crippen LogP contribution in [-0.2, 0) is 11.2 Å². The second-order valence-corrected chi connectivity index (χ2v) is 6.36. The number of hydrogen-bond acceptors (Lipinski definition) is 4. The molecule has 1 fully saturated rings. The molecule has 3 heterocycles. The van der Waals surface area contributed by atoms with Crippen LogP contribution >= 0.6 is 0 Å². The van der Waals surface area contributed by atoms with E-state index in [1.54, 1.807) is 0 Å². The van der Waals surface area contributed by atoms with Crippen LogP contribution in [0.4, 0.5) is 5.82 Å². The first-order valence-electron chi connectivity index (χ1n) is 8.54. The molecule has 2 N–H and O–H groups in total. The molecule has 1 aromatic carbocycles. The van der Waals surface area contributed by atoms with Crippen LogP contribution in [0.25, 0.3) is 11.3 Å². The number of amides is 1. The fourth-order valence-corrected chi connectivity index (χ4v) is 3.31. The Kier molecular flexibility index (Phi) is 4.17. The number of piperidine rings is 1. The van der Waals surface area contributed by atoms with Crippen LogP contribution in [0.2, 0.25) is 0 Å². The molecule has 5 heteroatoms. The summed E-state index contributed by atoms with van der Waals surface area (Å²) in [5.41, 5.74) is 3.14. The van der Waals surface area contributed by atoms with Crippen LogP contribution in [0.1, 0.15) is 18.4 Å². The maximum Gasteiger partial charge on any atom is 0.229 e. The molecule has 0 aliphatic carbocycles. The number of fused-ring (bicyclic) bond motifs is 1. The number of nitrogens with one attached hydrogen (secondary N) is 2. The average molecular weight is 323 g/mol. The van der Waals surface area contributed by atoms with Crippen molar-refractivity contribution >= 4 is 11.7 Å². The van der Waals surface area contributed by atoms with Crippen LogP contribution in [0.5, 0.6) is 5.75 Å². The van der Waals surface area contributed by atoms with E-state index in [-0.39, 0.29) is 11.8 Å². The Morgan fingerprint density at radius 3 is 3.12 bits per heavy atom. The molecule has 2 aliphatic heterocycles. The lowest BCUT2D eigenvalue weighted by Gasteiger charge is -2.21. The van der Waals surface area contributed by atoms with Gasteiger partial charge < -0.3 is 15.4 Å². The molecule has 2 aromatic rings. The zero-order valence-corrected chi connectivity index (χ0v) is 13.5. The van der Waals surface area contributed by atoms with E-state index < -0.39 is 0 Å². The summed E-state index contributed by atoms with van der Waals surface area (Å²) in [4.78, 5) is 17.0. The van der Waals surface area contributed by atoms with E-state index in [2.05, 4.69) is 21.7 Å². The summed E-state index contributed by atoms with van der Waals surface area (Å²) in [5.74, 6) is 1.66. The number of anilines is 1. The van der Waals surface area contributed by atoms with Gasteiger partial charge in [0.1, 0.15) is 11.6 Å². The van der Waals surface area contributed by atoms with Crippen molar-refractivity contribution in [2.75, 3.05) is 25.0 Å². The topological polar surface area (TPSA) is 63.2 Å². The Labute approximate surface area is 141 Å². The van der Waals surface area contributed by atoms with Gasteiger partial charge in [-0.3, -0.25) is 4.79 Å². The van der Waals surface area contributed by atoms with E-state index >= 15 is 0 Å². The quantitative estimate of drug-likeness (QED) is 0.911. The minimum absolute atomic E-state index is 0.0290. The minimum Gasteiger partial charge on any atom is -0.493 e. The summed E-state index contributed by atoms with van der Waals surface area (Å²) in [7, 11) is 0. The van der Waals surface area contributed by atoms with Crippen molar-refractivity contribution in [2.24, 2.45) is 5.92 Å². The molecule has 1 unspecified atom stereocenters.